The van der Waals surface area contributed by atoms with Gasteiger partial charge in [-0.3, -0.25) is 14.9 Å². The number of ether oxygens (including phenoxy) is 1. The van der Waals surface area contributed by atoms with Gasteiger partial charge in [0.1, 0.15) is 0 Å². The van der Waals surface area contributed by atoms with Crippen molar-refractivity contribution in [1.82, 2.24) is 20.6 Å². The highest BCUT2D eigenvalue weighted by atomic mass is 16.6. The van der Waals surface area contributed by atoms with Crippen molar-refractivity contribution in [1.29, 1.82) is 0 Å². The lowest BCUT2D eigenvalue weighted by Gasteiger charge is -2.08. The molecular weight excluding hydrogens is 288 g/mol. The molecule has 2 heterocycles. The van der Waals surface area contributed by atoms with Gasteiger partial charge in [-0.15, -0.1) is 5.10 Å². The number of nitrogens with zero attached hydrogens (tertiary/aromatic N) is 2. The number of carbonyl (C=O) groups is 2. The molecule has 0 atom stereocenters. The summed E-state index contributed by atoms with van der Waals surface area (Å²) in [6.45, 7) is 9.63. The van der Waals surface area contributed by atoms with Crippen molar-refractivity contribution in [3.63, 3.8) is 0 Å². The largest absolute Gasteiger partial charge is 0.449 e. The highest BCUT2D eigenvalue weighted by Gasteiger charge is 2.23. The summed E-state index contributed by atoms with van der Waals surface area (Å²) < 4.78 is 12.0. The van der Waals surface area contributed by atoms with E-state index in [0.717, 1.165) is 11.1 Å². The molecule has 0 saturated heterocycles. The van der Waals surface area contributed by atoms with E-state index >= 15 is 0 Å². The molecule has 8 nitrogen and oxygen atoms in total. The van der Waals surface area contributed by atoms with Crippen LogP contribution in [0.5, 0.6) is 0 Å². The average Bonchev–Trinajstić information content (AvgIpc) is 2.95. The predicted octanol–water partition coefficient (Wildman–Crippen LogP) is 2.22. The number of hydrogen-bond donors (Lipinski definition) is 2. The molecule has 2 rings (SSSR count). The highest BCUT2D eigenvalue weighted by Crippen LogP contribution is 2.29. The Bertz CT molecular complexity index is 714. The number of nitrogens with one attached hydrogen (secondary N) is 2. The van der Waals surface area contributed by atoms with E-state index in [1.54, 1.807) is 13.8 Å². The molecule has 2 aromatic rings. The molecule has 0 unspecified atom stereocenters. The van der Waals surface area contributed by atoms with Gasteiger partial charge >= 0.3 is 12.0 Å². The Morgan fingerprint density at radius 1 is 1.32 bits per heavy atom. The molecule has 0 aliphatic rings. The van der Waals surface area contributed by atoms with Gasteiger partial charge in [-0.2, -0.15) is 0 Å². The molecule has 0 bridgehead atoms. The number of furan rings is 1. The Balaban J connectivity index is 2.24. The van der Waals surface area contributed by atoms with Crippen LogP contribution in [-0.2, 0) is 4.74 Å². The van der Waals surface area contributed by atoms with Crippen LogP contribution in [0.1, 0.15) is 48.6 Å². The maximum Gasteiger partial charge on any atom is 0.426 e. The van der Waals surface area contributed by atoms with Crippen molar-refractivity contribution >= 4 is 23.1 Å². The third-order valence-corrected chi connectivity index (χ3v) is 3.28. The van der Waals surface area contributed by atoms with Crippen molar-refractivity contribution in [3.8, 4) is 0 Å². The SMILES string of the molecule is CCOC(=O)NNC(=O)c1oc2nn(C(C)C)c(C)c2c1C. The lowest BCUT2D eigenvalue weighted by atomic mass is 10.1. The van der Waals surface area contributed by atoms with Crippen molar-refractivity contribution in [2.75, 3.05) is 6.61 Å². The fraction of sp³-hybridized carbons (Fsp3) is 0.500. The number of fused-ring (bicyclic) bond motifs is 1. The van der Waals surface area contributed by atoms with Crippen molar-refractivity contribution in [2.45, 2.75) is 40.7 Å². The molecule has 0 aliphatic heterocycles. The first-order chi connectivity index (χ1) is 10.4. The van der Waals surface area contributed by atoms with E-state index in [1.165, 1.54) is 0 Å². The summed E-state index contributed by atoms with van der Waals surface area (Å²) in [4.78, 5) is 23.2. The van der Waals surface area contributed by atoms with Crippen molar-refractivity contribution < 1.29 is 18.7 Å². The zero-order chi connectivity index (χ0) is 16.4. The summed E-state index contributed by atoms with van der Waals surface area (Å²) >= 11 is 0. The number of hydrogen-bond acceptors (Lipinski definition) is 5. The van der Waals surface area contributed by atoms with Gasteiger partial charge < -0.3 is 9.15 Å². The minimum Gasteiger partial charge on any atom is -0.449 e. The second-order valence-electron chi connectivity index (χ2n) is 5.16. The molecule has 120 valence electrons. The zero-order valence-corrected chi connectivity index (χ0v) is 13.3. The van der Waals surface area contributed by atoms with E-state index in [0.29, 0.717) is 11.3 Å². The van der Waals surface area contributed by atoms with Gasteiger partial charge in [0.15, 0.2) is 5.76 Å². The number of rotatable bonds is 3. The maximum absolute atomic E-state index is 12.1. The third-order valence-electron chi connectivity index (χ3n) is 3.28. The normalized spacial score (nSPS) is 11.0. The lowest BCUT2D eigenvalue weighted by Crippen LogP contribution is -2.42. The van der Waals surface area contributed by atoms with E-state index in [4.69, 9.17) is 4.42 Å². The first-order valence-corrected chi connectivity index (χ1v) is 7.08. The standard InChI is InChI=1S/C14H20N4O4/c1-6-21-14(20)16-15-12(19)11-8(4)10-9(5)18(7(2)3)17-13(10)22-11/h7H,6H2,1-5H3,(H,15,19)(H,16,20). The van der Waals surface area contributed by atoms with Crippen LogP contribution in [-0.4, -0.2) is 28.4 Å². The minimum atomic E-state index is -0.731. The van der Waals surface area contributed by atoms with Gasteiger partial charge in [-0.25, -0.2) is 10.2 Å². The van der Waals surface area contributed by atoms with Gasteiger partial charge in [0.2, 0.25) is 5.71 Å². The maximum atomic E-state index is 12.1. The first-order valence-electron chi connectivity index (χ1n) is 7.08. The quantitative estimate of drug-likeness (QED) is 0.847. The number of carbonyl (C=O) groups excluding carboxylic acids is 2. The van der Waals surface area contributed by atoms with Gasteiger partial charge in [-0.1, -0.05) is 0 Å². The van der Waals surface area contributed by atoms with E-state index in [-0.39, 0.29) is 18.4 Å². The molecule has 2 amide bonds. The molecule has 2 aromatic heterocycles. The lowest BCUT2D eigenvalue weighted by molar-refractivity contribution is 0.0886. The molecule has 0 fully saturated rings. The van der Waals surface area contributed by atoms with Gasteiger partial charge in [0.25, 0.3) is 0 Å². The third kappa shape index (κ3) is 2.76. The Labute approximate surface area is 127 Å². The van der Waals surface area contributed by atoms with Crippen LogP contribution in [0.15, 0.2) is 4.42 Å². The van der Waals surface area contributed by atoms with Crippen LogP contribution < -0.4 is 10.9 Å². The first kappa shape index (κ1) is 15.9. The minimum absolute atomic E-state index is 0.119. The van der Waals surface area contributed by atoms with Crippen molar-refractivity contribution in [2.24, 2.45) is 0 Å². The number of hydrazine groups is 1. The molecule has 0 spiro atoms. The summed E-state index contributed by atoms with van der Waals surface area (Å²) in [5.74, 6) is -0.438. The molecule has 2 N–H and O–H groups in total. The van der Waals surface area contributed by atoms with E-state index < -0.39 is 12.0 Å². The van der Waals surface area contributed by atoms with Crippen LogP contribution in [0.3, 0.4) is 0 Å². The summed E-state index contributed by atoms with van der Waals surface area (Å²) in [6.07, 6.45) is -0.731. The molecule has 8 heteroatoms. The summed E-state index contributed by atoms with van der Waals surface area (Å²) in [6, 6.07) is 0.199. The van der Waals surface area contributed by atoms with Gasteiger partial charge in [-0.05, 0) is 34.6 Å². The molecule has 22 heavy (non-hydrogen) atoms. The summed E-state index contributed by atoms with van der Waals surface area (Å²) in [7, 11) is 0. The topological polar surface area (TPSA) is 98.4 Å². The van der Waals surface area contributed by atoms with E-state index in [1.807, 2.05) is 25.5 Å². The monoisotopic (exact) mass is 308 g/mol. The van der Waals surface area contributed by atoms with Crippen LogP contribution >= 0.6 is 0 Å². The zero-order valence-electron chi connectivity index (χ0n) is 13.3. The smallest absolute Gasteiger partial charge is 0.426 e. The second kappa shape index (κ2) is 6.08. The van der Waals surface area contributed by atoms with Gasteiger partial charge in [0.05, 0.1) is 12.0 Å². The number of amides is 2. The fourth-order valence-corrected chi connectivity index (χ4v) is 2.33. The Morgan fingerprint density at radius 2 is 2.00 bits per heavy atom. The molecule has 0 saturated carbocycles. The number of aryl methyl sites for hydroxylation is 2. The van der Waals surface area contributed by atoms with Crippen LogP contribution in [0.25, 0.3) is 11.1 Å². The molecule has 0 radical (unpaired) electrons. The summed E-state index contributed by atoms with van der Waals surface area (Å²) in [5, 5.41) is 5.17. The molecular formula is C14H20N4O4. The van der Waals surface area contributed by atoms with Crippen molar-refractivity contribution in [3.05, 3.63) is 17.0 Å². The second-order valence-corrected chi connectivity index (χ2v) is 5.16. The molecule has 0 aliphatic carbocycles. The Kier molecular flexibility index (Phi) is 4.39. The highest BCUT2D eigenvalue weighted by molar-refractivity contribution is 5.99. The van der Waals surface area contributed by atoms with E-state index in [9.17, 15) is 9.59 Å². The number of aromatic nitrogens is 2. The Hall–Kier alpha value is -2.51. The van der Waals surface area contributed by atoms with Crippen LogP contribution in [0.2, 0.25) is 0 Å². The van der Waals surface area contributed by atoms with Crippen LogP contribution in [0.4, 0.5) is 4.79 Å². The fourth-order valence-electron chi connectivity index (χ4n) is 2.33. The Morgan fingerprint density at radius 3 is 2.55 bits per heavy atom. The van der Waals surface area contributed by atoms with Gasteiger partial charge in [0, 0.05) is 17.3 Å². The summed E-state index contributed by atoms with van der Waals surface area (Å²) in [5.41, 5.74) is 6.41. The van der Waals surface area contributed by atoms with E-state index in [2.05, 4.69) is 20.7 Å². The van der Waals surface area contributed by atoms with Crippen LogP contribution in [0, 0.1) is 13.8 Å². The average molecular weight is 308 g/mol. The predicted molar refractivity (Wildman–Crippen MR) is 79.5 cm³/mol. The molecule has 0 aromatic carbocycles.